The number of aliphatic hydroxyl groups excluding tert-OH is 1. The Morgan fingerprint density at radius 2 is 2.15 bits per heavy atom. The molecule has 1 N–H and O–H groups in total. The van der Waals surface area contributed by atoms with Gasteiger partial charge in [0.05, 0.1) is 23.8 Å². The lowest BCUT2D eigenvalue weighted by Crippen LogP contribution is -1.99. The lowest BCUT2D eigenvalue weighted by Gasteiger charge is -2.08. The van der Waals surface area contributed by atoms with Crippen molar-refractivity contribution in [3.63, 3.8) is 0 Å². The van der Waals surface area contributed by atoms with Crippen LogP contribution in [0.4, 0.5) is 8.78 Å². The highest BCUT2D eigenvalue weighted by molar-refractivity contribution is 9.10. The molecule has 0 saturated heterocycles. The summed E-state index contributed by atoms with van der Waals surface area (Å²) in [5.74, 6) is -1.59. The molecule has 0 aliphatic rings. The summed E-state index contributed by atoms with van der Waals surface area (Å²) in [6.45, 7) is -0.534. The van der Waals surface area contributed by atoms with Gasteiger partial charge in [-0.15, -0.1) is 0 Å². The SMILES string of the molecule is COc1cc(F)c(Br)c(F)c1CO. The van der Waals surface area contributed by atoms with Gasteiger partial charge in [-0.25, -0.2) is 8.78 Å². The topological polar surface area (TPSA) is 29.5 Å². The molecule has 1 aromatic rings. The summed E-state index contributed by atoms with van der Waals surface area (Å²) in [5, 5.41) is 8.78. The van der Waals surface area contributed by atoms with Crippen molar-refractivity contribution in [3.8, 4) is 5.75 Å². The van der Waals surface area contributed by atoms with E-state index in [-0.39, 0.29) is 15.8 Å². The predicted octanol–water partition coefficient (Wildman–Crippen LogP) is 2.23. The number of rotatable bonds is 2. The third kappa shape index (κ3) is 1.81. The number of halogens is 3. The molecule has 0 amide bonds. The van der Waals surface area contributed by atoms with Gasteiger partial charge in [0.1, 0.15) is 17.4 Å². The molecule has 0 aromatic heterocycles. The van der Waals surface area contributed by atoms with E-state index in [9.17, 15) is 8.78 Å². The van der Waals surface area contributed by atoms with Gasteiger partial charge < -0.3 is 9.84 Å². The predicted molar refractivity (Wildman–Crippen MR) is 46.5 cm³/mol. The van der Waals surface area contributed by atoms with Crippen molar-refractivity contribution >= 4 is 15.9 Å². The summed E-state index contributed by atoms with van der Waals surface area (Å²) in [5.41, 5.74) is -0.0595. The molecule has 0 heterocycles. The first-order chi connectivity index (χ1) is 6.11. The van der Waals surface area contributed by atoms with E-state index in [0.29, 0.717) is 0 Å². The van der Waals surface area contributed by atoms with Gasteiger partial charge in [0.2, 0.25) is 0 Å². The van der Waals surface area contributed by atoms with Crippen LogP contribution in [0.3, 0.4) is 0 Å². The number of ether oxygens (including phenoxy) is 1. The average molecular weight is 253 g/mol. The van der Waals surface area contributed by atoms with Gasteiger partial charge >= 0.3 is 0 Å². The maximum atomic E-state index is 13.2. The molecule has 1 aromatic carbocycles. The van der Waals surface area contributed by atoms with Crippen LogP contribution in [-0.4, -0.2) is 12.2 Å². The Bertz CT molecular complexity index is 328. The largest absolute Gasteiger partial charge is 0.496 e. The summed E-state index contributed by atoms with van der Waals surface area (Å²) in [4.78, 5) is 0. The van der Waals surface area contributed by atoms with Gasteiger partial charge in [-0.3, -0.25) is 0 Å². The Morgan fingerprint density at radius 3 is 2.62 bits per heavy atom. The minimum atomic E-state index is -0.834. The molecule has 5 heteroatoms. The van der Waals surface area contributed by atoms with Gasteiger partial charge in [-0.2, -0.15) is 0 Å². The smallest absolute Gasteiger partial charge is 0.149 e. The van der Waals surface area contributed by atoms with Crippen LogP contribution in [0.15, 0.2) is 10.5 Å². The van der Waals surface area contributed by atoms with Crippen LogP contribution >= 0.6 is 15.9 Å². The second kappa shape index (κ2) is 4.02. The standard InChI is InChI=1S/C8H7BrF2O2/c1-13-6-2-5(10)7(9)8(11)4(6)3-12/h2,12H,3H2,1H3. The molecule has 0 radical (unpaired) electrons. The minimum absolute atomic E-state index is 0.000648. The van der Waals surface area contributed by atoms with Gasteiger partial charge in [-0.1, -0.05) is 0 Å². The molecule has 2 nitrogen and oxygen atoms in total. The highest BCUT2D eigenvalue weighted by Gasteiger charge is 2.16. The van der Waals surface area contributed by atoms with Crippen molar-refractivity contribution in [2.45, 2.75) is 6.61 Å². The second-order valence-electron chi connectivity index (χ2n) is 2.33. The quantitative estimate of drug-likeness (QED) is 0.819. The number of hydrogen-bond donors (Lipinski definition) is 1. The normalized spacial score (nSPS) is 10.2. The Morgan fingerprint density at radius 1 is 1.54 bits per heavy atom. The first kappa shape index (κ1) is 10.4. The van der Waals surface area contributed by atoms with E-state index >= 15 is 0 Å². The minimum Gasteiger partial charge on any atom is -0.496 e. The van der Waals surface area contributed by atoms with Gasteiger partial charge in [0, 0.05) is 6.07 Å². The van der Waals surface area contributed by atoms with Gasteiger partial charge in [0.15, 0.2) is 0 Å². The zero-order chi connectivity index (χ0) is 10.0. The van der Waals surface area contributed by atoms with Crippen molar-refractivity contribution < 1.29 is 18.6 Å². The van der Waals surface area contributed by atoms with E-state index < -0.39 is 18.2 Å². The number of benzene rings is 1. The van der Waals surface area contributed by atoms with Crippen LogP contribution in [0.5, 0.6) is 5.75 Å². The van der Waals surface area contributed by atoms with Crippen LogP contribution < -0.4 is 4.74 Å². The average Bonchev–Trinajstić information content (AvgIpc) is 2.13. The fraction of sp³-hybridized carbons (Fsp3) is 0.250. The third-order valence-electron chi connectivity index (χ3n) is 1.60. The van der Waals surface area contributed by atoms with Crippen LogP contribution in [0.2, 0.25) is 0 Å². The molecule has 13 heavy (non-hydrogen) atoms. The first-order valence-electron chi connectivity index (χ1n) is 3.43. The summed E-state index contributed by atoms with van der Waals surface area (Å²) < 4.78 is 30.5. The summed E-state index contributed by atoms with van der Waals surface area (Å²) >= 11 is 2.72. The molecule has 1 rings (SSSR count). The highest BCUT2D eigenvalue weighted by Crippen LogP contribution is 2.30. The molecule has 0 fully saturated rings. The maximum Gasteiger partial charge on any atom is 0.149 e. The Hall–Kier alpha value is -0.680. The van der Waals surface area contributed by atoms with Gasteiger partial charge in [0.25, 0.3) is 0 Å². The molecule has 0 bridgehead atoms. The Labute approximate surface area is 82.3 Å². The van der Waals surface area contributed by atoms with E-state index in [1.165, 1.54) is 7.11 Å². The summed E-state index contributed by atoms with van der Waals surface area (Å²) in [7, 11) is 1.28. The molecule has 0 atom stereocenters. The lowest BCUT2D eigenvalue weighted by molar-refractivity contribution is 0.266. The summed E-state index contributed by atoms with van der Waals surface area (Å²) in [6, 6.07) is 1.01. The molecule has 0 unspecified atom stereocenters. The Kier molecular flexibility index (Phi) is 3.22. The van der Waals surface area contributed by atoms with Gasteiger partial charge in [-0.05, 0) is 15.9 Å². The van der Waals surface area contributed by atoms with Crippen molar-refractivity contribution in [2.24, 2.45) is 0 Å². The van der Waals surface area contributed by atoms with E-state index in [1.807, 2.05) is 0 Å². The first-order valence-corrected chi connectivity index (χ1v) is 4.22. The second-order valence-corrected chi connectivity index (χ2v) is 3.12. The van der Waals surface area contributed by atoms with Crippen LogP contribution in [0.25, 0.3) is 0 Å². The molecule has 72 valence electrons. The molecule has 0 saturated carbocycles. The highest BCUT2D eigenvalue weighted by atomic mass is 79.9. The zero-order valence-corrected chi connectivity index (χ0v) is 8.36. The van der Waals surface area contributed by atoms with Crippen LogP contribution in [0, 0.1) is 11.6 Å². The van der Waals surface area contributed by atoms with Crippen LogP contribution in [-0.2, 0) is 6.61 Å². The lowest BCUT2D eigenvalue weighted by atomic mass is 10.2. The van der Waals surface area contributed by atoms with Crippen molar-refractivity contribution in [2.75, 3.05) is 7.11 Å². The fourth-order valence-corrected chi connectivity index (χ4v) is 1.29. The van der Waals surface area contributed by atoms with Crippen molar-refractivity contribution in [1.82, 2.24) is 0 Å². The third-order valence-corrected chi connectivity index (χ3v) is 2.33. The van der Waals surface area contributed by atoms with Crippen molar-refractivity contribution in [1.29, 1.82) is 0 Å². The molecule has 0 aliphatic heterocycles. The Balaban J connectivity index is 3.39. The van der Waals surface area contributed by atoms with E-state index in [4.69, 9.17) is 9.84 Å². The van der Waals surface area contributed by atoms with Crippen molar-refractivity contribution in [3.05, 3.63) is 27.7 Å². The monoisotopic (exact) mass is 252 g/mol. The number of methoxy groups -OCH3 is 1. The summed E-state index contributed by atoms with van der Waals surface area (Å²) in [6.07, 6.45) is 0. The molecular formula is C8H7BrF2O2. The molecule has 0 aliphatic carbocycles. The van der Waals surface area contributed by atoms with E-state index in [1.54, 1.807) is 0 Å². The van der Waals surface area contributed by atoms with E-state index in [2.05, 4.69) is 15.9 Å². The molecule has 0 spiro atoms. The molecular weight excluding hydrogens is 246 g/mol. The van der Waals surface area contributed by atoms with E-state index in [0.717, 1.165) is 6.07 Å². The fourth-order valence-electron chi connectivity index (χ4n) is 0.941. The zero-order valence-electron chi connectivity index (χ0n) is 6.77. The van der Waals surface area contributed by atoms with Crippen LogP contribution in [0.1, 0.15) is 5.56 Å². The number of aliphatic hydroxyl groups is 1. The maximum absolute atomic E-state index is 13.2. The number of hydrogen-bond acceptors (Lipinski definition) is 2.